The third-order valence-corrected chi connectivity index (χ3v) is 4.17. The van der Waals surface area contributed by atoms with E-state index in [1.54, 1.807) is 25.4 Å². The highest BCUT2D eigenvalue weighted by atomic mass is 16.5. The van der Waals surface area contributed by atoms with Crippen molar-refractivity contribution in [1.29, 1.82) is 0 Å². The zero-order chi connectivity index (χ0) is 17.2. The van der Waals surface area contributed by atoms with Crippen molar-refractivity contribution in [3.63, 3.8) is 0 Å². The lowest BCUT2D eigenvalue weighted by Crippen LogP contribution is -1.99. The molecule has 0 unspecified atom stereocenters. The maximum Gasteiger partial charge on any atom is 0.185 e. The largest absolute Gasteiger partial charge is 0.497 e. The smallest absolute Gasteiger partial charge is 0.185 e. The number of furan rings is 1. The maximum absolute atomic E-state index is 10.9. The summed E-state index contributed by atoms with van der Waals surface area (Å²) in [5.41, 5.74) is 2.86. The van der Waals surface area contributed by atoms with Crippen molar-refractivity contribution in [2.75, 3.05) is 7.11 Å². The van der Waals surface area contributed by atoms with E-state index >= 15 is 0 Å². The number of nitrogens with zero attached hydrogens (tertiary/aromatic N) is 2. The van der Waals surface area contributed by atoms with Crippen LogP contribution in [-0.2, 0) is 6.54 Å². The second kappa shape index (κ2) is 6.28. The molecular weight excluding hydrogens is 316 g/mol. The molecule has 0 saturated heterocycles. The molecule has 0 saturated carbocycles. The predicted octanol–water partition coefficient (Wildman–Crippen LogP) is 4.17. The standard InChI is InChI=1S/C20H16N2O3/c1-24-16-4-2-14(3-5-16)12-22-11-9-15-8-10-21-19(20(15)22)18-7-6-17(13-23)25-18/h2-11,13H,12H2,1H3. The van der Waals surface area contributed by atoms with Crippen molar-refractivity contribution in [2.45, 2.75) is 6.54 Å². The average molecular weight is 332 g/mol. The number of ether oxygens (including phenoxy) is 1. The minimum atomic E-state index is 0.294. The lowest BCUT2D eigenvalue weighted by atomic mass is 10.2. The van der Waals surface area contributed by atoms with Crippen molar-refractivity contribution in [1.82, 2.24) is 9.55 Å². The quantitative estimate of drug-likeness (QED) is 0.515. The van der Waals surface area contributed by atoms with Crippen LogP contribution in [0.5, 0.6) is 5.75 Å². The van der Waals surface area contributed by atoms with Gasteiger partial charge < -0.3 is 13.7 Å². The van der Waals surface area contributed by atoms with E-state index in [0.29, 0.717) is 24.4 Å². The number of carbonyl (C=O) groups is 1. The predicted molar refractivity (Wildman–Crippen MR) is 94.9 cm³/mol. The van der Waals surface area contributed by atoms with Crippen LogP contribution >= 0.6 is 0 Å². The summed E-state index contributed by atoms with van der Waals surface area (Å²) >= 11 is 0. The number of hydrogen-bond donors (Lipinski definition) is 0. The summed E-state index contributed by atoms with van der Waals surface area (Å²) in [5, 5.41) is 1.07. The molecule has 0 N–H and O–H groups in total. The minimum Gasteiger partial charge on any atom is -0.497 e. The second-order valence-electron chi connectivity index (χ2n) is 5.71. The molecule has 124 valence electrons. The number of methoxy groups -OCH3 is 1. The summed E-state index contributed by atoms with van der Waals surface area (Å²) in [4.78, 5) is 15.4. The normalized spacial score (nSPS) is 10.9. The molecular formula is C20H16N2O3. The van der Waals surface area contributed by atoms with Crippen LogP contribution in [0.25, 0.3) is 22.4 Å². The summed E-state index contributed by atoms with van der Waals surface area (Å²) in [5.74, 6) is 1.71. The van der Waals surface area contributed by atoms with Crippen LogP contribution in [0.4, 0.5) is 0 Å². The first kappa shape index (κ1) is 15.2. The van der Waals surface area contributed by atoms with Gasteiger partial charge in [-0.3, -0.25) is 9.78 Å². The zero-order valence-corrected chi connectivity index (χ0v) is 13.7. The van der Waals surface area contributed by atoms with E-state index in [0.717, 1.165) is 27.9 Å². The van der Waals surface area contributed by atoms with E-state index in [2.05, 4.69) is 9.55 Å². The van der Waals surface area contributed by atoms with E-state index in [1.165, 1.54) is 0 Å². The lowest BCUT2D eigenvalue weighted by Gasteiger charge is -2.09. The van der Waals surface area contributed by atoms with E-state index in [9.17, 15) is 4.79 Å². The van der Waals surface area contributed by atoms with Gasteiger partial charge in [-0.25, -0.2) is 0 Å². The Morgan fingerprint density at radius 2 is 1.96 bits per heavy atom. The Labute approximate surface area is 144 Å². The Hall–Kier alpha value is -3.34. The van der Waals surface area contributed by atoms with Crippen LogP contribution < -0.4 is 4.74 Å². The third-order valence-electron chi connectivity index (χ3n) is 4.17. The first-order chi connectivity index (χ1) is 12.3. The molecule has 0 aliphatic carbocycles. The molecule has 0 spiro atoms. The highest BCUT2D eigenvalue weighted by Crippen LogP contribution is 2.29. The second-order valence-corrected chi connectivity index (χ2v) is 5.71. The number of pyridine rings is 1. The Bertz CT molecular complexity index is 1030. The highest BCUT2D eigenvalue weighted by Gasteiger charge is 2.13. The van der Waals surface area contributed by atoms with Gasteiger partial charge in [0.1, 0.15) is 11.4 Å². The van der Waals surface area contributed by atoms with Crippen molar-refractivity contribution in [3.8, 4) is 17.2 Å². The Morgan fingerprint density at radius 1 is 1.12 bits per heavy atom. The number of aldehydes is 1. The fourth-order valence-corrected chi connectivity index (χ4v) is 2.93. The first-order valence-electron chi connectivity index (χ1n) is 7.90. The molecule has 0 aliphatic heterocycles. The number of benzene rings is 1. The topological polar surface area (TPSA) is 57.3 Å². The van der Waals surface area contributed by atoms with Crippen LogP contribution in [0.1, 0.15) is 16.1 Å². The maximum atomic E-state index is 10.9. The number of carbonyl (C=O) groups excluding carboxylic acids is 1. The fraction of sp³-hybridized carbons (Fsp3) is 0.100. The van der Waals surface area contributed by atoms with Gasteiger partial charge in [-0.05, 0) is 42.0 Å². The van der Waals surface area contributed by atoms with Gasteiger partial charge in [0.2, 0.25) is 0 Å². The van der Waals surface area contributed by atoms with Gasteiger partial charge in [0, 0.05) is 24.3 Å². The first-order valence-corrected chi connectivity index (χ1v) is 7.90. The molecule has 0 bridgehead atoms. The SMILES string of the molecule is COc1ccc(Cn2ccc3ccnc(-c4ccc(C=O)o4)c32)cc1. The van der Waals surface area contributed by atoms with E-state index in [-0.39, 0.29) is 0 Å². The summed E-state index contributed by atoms with van der Waals surface area (Å²) in [6.07, 6.45) is 4.47. The number of fused-ring (bicyclic) bond motifs is 1. The molecule has 4 rings (SSSR count). The molecule has 5 heteroatoms. The monoisotopic (exact) mass is 332 g/mol. The molecule has 1 aromatic carbocycles. The molecule has 3 heterocycles. The van der Waals surface area contributed by atoms with E-state index < -0.39 is 0 Å². The molecule has 25 heavy (non-hydrogen) atoms. The Kier molecular flexibility index (Phi) is 3.82. The van der Waals surface area contributed by atoms with Crippen LogP contribution in [0.2, 0.25) is 0 Å². The lowest BCUT2D eigenvalue weighted by molar-refractivity contribution is 0.110. The van der Waals surface area contributed by atoms with Crippen LogP contribution in [-0.4, -0.2) is 22.9 Å². The summed E-state index contributed by atoms with van der Waals surface area (Å²) in [6, 6.07) is 15.4. The minimum absolute atomic E-state index is 0.294. The summed E-state index contributed by atoms with van der Waals surface area (Å²) in [7, 11) is 1.66. The molecule has 0 radical (unpaired) electrons. The van der Waals surface area contributed by atoms with Crippen molar-refractivity contribution < 1.29 is 13.9 Å². The van der Waals surface area contributed by atoms with Gasteiger partial charge in [0.15, 0.2) is 17.8 Å². The Balaban J connectivity index is 1.77. The Morgan fingerprint density at radius 3 is 2.68 bits per heavy atom. The highest BCUT2D eigenvalue weighted by molar-refractivity contribution is 5.91. The zero-order valence-electron chi connectivity index (χ0n) is 13.7. The van der Waals surface area contributed by atoms with Gasteiger partial charge in [0.05, 0.1) is 12.6 Å². The van der Waals surface area contributed by atoms with Crippen molar-refractivity contribution in [3.05, 3.63) is 72.2 Å². The number of hydrogen-bond acceptors (Lipinski definition) is 4. The van der Waals surface area contributed by atoms with Gasteiger partial charge in [-0.1, -0.05) is 12.1 Å². The van der Waals surface area contributed by atoms with Crippen LogP contribution in [0, 0.1) is 0 Å². The van der Waals surface area contributed by atoms with Crippen molar-refractivity contribution >= 4 is 17.2 Å². The molecule has 4 aromatic rings. The van der Waals surface area contributed by atoms with Crippen LogP contribution in [0.3, 0.4) is 0 Å². The summed E-state index contributed by atoms with van der Waals surface area (Å²) < 4.78 is 12.9. The number of rotatable bonds is 5. The van der Waals surface area contributed by atoms with Crippen molar-refractivity contribution in [2.24, 2.45) is 0 Å². The van der Waals surface area contributed by atoms with Gasteiger partial charge in [-0.2, -0.15) is 0 Å². The van der Waals surface area contributed by atoms with E-state index in [1.807, 2.05) is 42.6 Å². The van der Waals surface area contributed by atoms with Gasteiger partial charge >= 0.3 is 0 Å². The number of aromatic nitrogens is 2. The molecule has 0 fully saturated rings. The molecule has 0 atom stereocenters. The van der Waals surface area contributed by atoms with Gasteiger partial charge in [-0.15, -0.1) is 0 Å². The molecule has 0 amide bonds. The fourth-order valence-electron chi connectivity index (χ4n) is 2.93. The third kappa shape index (κ3) is 2.80. The molecule has 0 aliphatic rings. The van der Waals surface area contributed by atoms with Crippen LogP contribution in [0.15, 0.2) is 65.3 Å². The van der Waals surface area contributed by atoms with E-state index in [4.69, 9.17) is 9.15 Å². The molecule has 5 nitrogen and oxygen atoms in total. The van der Waals surface area contributed by atoms with Gasteiger partial charge in [0.25, 0.3) is 0 Å². The summed E-state index contributed by atoms with van der Waals surface area (Å²) in [6.45, 7) is 0.702. The molecule has 3 aromatic heterocycles. The average Bonchev–Trinajstić information content (AvgIpc) is 3.29.